The average molecular weight is 461 g/mol. The van der Waals surface area contributed by atoms with Gasteiger partial charge >= 0.3 is 6.18 Å². The average Bonchev–Trinajstić information content (AvgIpc) is 3.45. The van der Waals surface area contributed by atoms with Crippen molar-refractivity contribution in [3.05, 3.63) is 41.0 Å². The van der Waals surface area contributed by atoms with Gasteiger partial charge in [0, 0.05) is 42.4 Å². The van der Waals surface area contributed by atoms with E-state index < -0.39 is 17.8 Å². The first-order valence-corrected chi connectivity index (χ1v) is 10.8. The van der Waals surface area contributed by atoms with Crippen LogP contribution in [0, 0.1) is 13.8 Å². The van der Waals surface area contributed by atoms with Gasteiger partial charge in [-0.3, -0.25) is 4.79 Å². The lowest BCUT2D eigenvalue weighted by Gasteiger charge is -2.21. The summed E-state index contributed by atoms with van der Waals surface area (Å²) in [5.41, 5.74) is 2.23. The quantitative estimate of drug-likeness (QED) is 0.621. The van der Waals surface area contributed by atoms with E-state index in [9.17, 15) is 18.0 Å². The van der Waals surface area contributed by atoms with Gasteiger partial charge in [-0.25, -0.2) is 9.50 Å². The van der Waals surface area contributed by atoms with Gasteiger partial charge in [0.1, 0.15) is 0 Å². The molecule has 0 saturated heterocycles. The Bertz CT molecular complexity index is 1250. The number of rotatable bonds is 4. The van der Waals surface area contributed by atoms with Crippen LogP contribution in [0.15, 0.2) is 18.2 Å². The molecular formula is C22H22F3N5O3. The SMILES string of the molecule is Cc1nc2nc(C(F)(F)F)nn2c(C)c1CCC(=O)Nc1ccc2c(c1)OC1(CCCC1)O2. The Kier molecular flexibility index (Phi) is 4.95. The van der Waals surface area contributed by atoms with Gasteiger partial charge in [-0.1, -0.05) is 0 Å². The van der Waals surface area contributed by atoms with Crippen LogP contribution in [0.3, 0.4) is 0 Å². The maximum absolute atomic E-state index is 13.0. The molecule has 0 atom stereocenters. The lowest BCUT2D eigenvalue weighted by Crippen LogP contribution is -2.34. The van der Waals surface area contributed by atoms with Crippen molar-refractivity contribution >= 4 is 17.4 Å². The molecule has 2 aromatic heterocycles. The Morgan fingerprint density at radius 3 is 2.61 bits per heavy atom. The van der Waals surface area contributed by atoms with Crippen molar-refractivity contribution < 1.29 is 27.4 Å². The zero-order chi connectivity index (χ0) is 23.4. The lowest BCUT2D eigenvalue weighted by molar-refractivity contribution is -0.144. The number of nitrogens with one attached hydrogen (secondary N) is 1. The maximum Gasteiger partial charge on any atom is 0.453 e. The highest BCUT2D eigenvalue weighted by atomic mass is 19.4. The van der Waals surface area contributed by atoms with E-state index in [1.54, 1.807) is 32.0 Å². The molecule has 1 amide bonds. The Morgan fingerprint density at radius 1 is 1.15 bits per heavy atom. The largest absolute Gasteiger partial charge is 0.453 e. The van der Waals surface area contributed by atoms with E-state index in [1.807, 2.05) is 0 Å². The Morgan fingerprint density at radius 2 is 1.88 bits per heavy atom. The second-order valence-corrected chi connectivity index (χ2v) is 8.44. The Labute approximate surface area is 187 Å². The first kappa shape index (κ1) is 21.5. The van der Waals surface area contributed by atoms with Gasteiger partial charge in [-0.2, -0.15) is 18.2 Å². The number of fused-ring (bicyclic) bond motifs is 2. The van der Waals surface area contributed by atoms with Crippen LogP contribution in [0.2, 0.25) is 0 Å². The van der Waals surface area contributed by atoms with Crippen molar-refractivity contribution in [1.82, 2.24) is 19.6 Å². The first-order valence-electron chi connectivity index (χ1n) is 10.8. The minimum absolute atomic E-state index is 0.119. The molecule has 2 aliphatic rings. The second-order valence-electron chi connectivity index (χ2n) is 8.44. The van der Waals surface area contributed by atoms with Crippen molar-refractivity contribution in [3.63, 3.8) is 0 Å². The predicted octanol–water partition coefficient (Wildman–Crippen LogP) is 4.37. The van der Waals surface area contributed by atoms with Crippen molar-refractivity contribution in [2.45, 2.75) is 64.3 Å². The van der Waals surface area contributed by atoms with E-state index in [4.69, 9.17) is 9.47 Å². The highest BCUT2D eigenvalue weighted by molar-refractivity contribution is 5.91. The van der Waals surface area contributed by atoms with E-state index in [1.165, 1.54) is 0 Å². The molecule has 1 aromatic carbocycles. The maximum atomic E-state index is 13.0. The summed E-state index contributed by atoms with van der Waals surface area (Å²) in [6, 6.07) is 5.29. The fourth-order valence-electron chi connectivity index (χ4n) is 4.44. The van der Waals surface area contributed by atoms with Crippen LogP contribution < -0.4 is 14.8 Å². The van der Waals surface area contributed by atoms with Crippen molar-refractivity contribution in [2.75, 3.05) is 5.32 Å². The van der Waals surface area contributed by atoms with Crippen LogP contribution in [0.1, 0.15) is 54.9 Å². The first-order chi connectivity index (χ1) is 15.6. The number of halogens is 3. The molecule has 5 rings (SSSR count). The predicted molar refractivity (Wildman–Crippen MR) is 111 cm³/mol. The van der Waals surface area contributed by atoms with E-state index in [-0.39, 0.29) is 18.1 Å². The molecule has 3 aromatic rings. The van der Waals surface area contributed by atoms with Gasteiger partial charge in [0.25, 0.3) is 17.4 Å². The monoisotopic (exact) mass is 461 g/mol. The van der Waals surface area contributed by atoms with Crippen LogP contribution in [-0.4, -0.2) is 31.3 Å². The summed E-state index contributed by atoms with van der Waals surface area (Å²) in [5.74, 6) is -0.883. The summed E-state index contributed by atoms with van der Waals surface area (Å²) in [7, 11) is 0. The number of nitrogens with zero attached hydrogens (tertiary/aromatic N) is 4. The molecular weight excluding hydrogens is 439 g/mol. The molecule has 3 heterocycles. The summed E-state index contributed by atoms with van der Waals surface area (Å²) in [6.07, 6.45) is -0.439. The van der Waals surface area contributed by atoms with Crippen molar-refractivity contribution in [3.8, 4) is 11.5 Å². The van der Waals surface area contributed by atoms with Crippen LogP contribution in [0.4, 0.5) is 18.9 Å². The number of amides is 1. The van der Waals surface area contributed by atoms with Gasteiger partial charge < -0.3 is 14.8 Å². The van der Waals surface area contributed by atoms with Crippen molar-refractivity contribution in [1.29, 1.82) is 0 Å². The fraction of sp³-hybridized carbons (Fsp3) is 0.455. The molecule has 8 nitrogen and oxygen atoms in total. The third kappa shape index (κ3) is 3.96. The number of aryl methyl sites for hydroxylation is 2. The van der Waals surface area contributed by atoms with Gasteiger partial charge in [-0.15, -0.1) is 5.10 Å². The second kappa shape index (κ2) is 7.60. The van der Waals surface area contributed by atoms with Gasteiger partial charge in [0.15, 0.2) is 11.5 Å². The molecule has 0 bridgehead atoms. The number of hydrogen-bond acceptors (Lipinski definition) is 6. The van der Waals surface area contributed by atoms with E-state index in [2.05, 4.69) is 20.4 Å². The number of hydrogen-bond donors (Lipinski definition) is 1. The number of carbonyl (C=O) groups is 1. The molecule has 1 aliphatic carbocycles. The number of aromatic nitrogens is 4. The Hall–Kier alpha value is -3.37. The summed E-state index contributed by atoms with van der Waals surface area (Å²) >= 11 is 0. The summed E-state index contributed by atoms with van der Waals surface area (Å²) in [6.45, 7) is 3.32. The summed E-state index contributed by atoms with van der Waals surface area (Å²) < 4.78 is 51.9. The molecule has 33 heavy (non-hydrogen) atoms. The fourth-order valence-corrected chi connectivity index (χ4v) is 4.44. The van der Waals surface area contributed by atoms with Crippen LogP contribution in [0.25, 0.3) is 5.78 Å². The number of benzene rings is 1. The Balaban J connectivity index is 1.27. The molecule has 1 fully saturated rings. The van der Waals surface area contributed by atoms with Crippen LogP contribution in [-0.2, 0) is 17.4 Å². The standard InChI is InChI=1S/C22H22F3N5O3/c1-12-15(13(2)30-20(26-12)28-19(29-30)22(23,24)25)6-8-18(31)27-14-5-7-16-17(11-14)33-21(32-16)9-3-4-10-21/h5,7,11H,3-4,6,8-10H2,1-2H3,(H,27,31). The molecule has 1 saturated carbocycles. The zero-order valence-corrected chi connectivity index (χ0v) is 18.1. The van der Waals surface area contributed by atoms with Gasteiger partial charge in [0.05, 0.1) is 0 Å². The third-order valence-corrected chi connectivity index (χ3v) is 6.09. The number of carbonyl (C=O) groups excluding carboxylic acids is 1. The molecule has 174 valence electrons. The molecule has 1 aliphatic heterocycles. The highest BCUT2D eigenvalue weighted by Gasteiger charge is 2.44. The smallest absolute Gasteiger partial charge is 0.448 e. The zero-order valence-electron chi connectivity index (χ0n) is 18.1. The molecule has 11 heteroatoms. The van der Waals surface area contributed by atoms with E-state index in [0.29, 0.717) is 40.6 Å². The molecule has 0 radical (unpaired) electrons. The number of ether oxygens (including phenoxy) is 2. The van der Waals surface area contributed by atoms with Crippen molar-refractivity contribution in [2.24, 2.45) is 0 Å². The van der Waals surface area contributed by atoms with Gasteiger partial charge in [0.2, 0.25) is 5.91 Å². The number of anilines is 1. The minimum Gasteiger partial charge on any atom is -0.448 e. The molecule has 0 unspecified atom stereocenters. The summed E-state index contributed by atoms with van der Waals surface area (Å²) in [4.78, 5) is 20.2. The number of alkyl halides is 3. The van der Waals surface area contributed by atoms with E-state index in [0.717, 1.165) is 30.2 Å². The molecule has 1 N–H and O–H groups in total. The van der Waals surface area contributed by atoms with Crippen LogP contribution >= 0.6 is 0 Å². The normalized spacial score (nSPS) is 16.6. The van der Waals surface area contributed by atoms with Gasteiger partial charge in [-0.05, 0) is 50.8 Å². The highest BCUT2D eigenvalue weighted by Crippen LogP contribution is 2.47. The van der Waals surface area contributed by atoms with E-state index >= 15 is 0 Å². The van der Waals surface area contributed by atoms with Crippen LogP contribution in [0.5, 0.6) is 11.5 Å². The topological polar surface area (TPSA) is 90.6 Å². The minimum atomic E-state index is -4.66. The molecule has 1 spiro atoms. The third-order valence-electron chi connectivity index (χ3n) is 6.09. The lowest BCUT2D eigenvalue weighted by atomic mass is 10.1. The summed E-state index contributed by atoms with van der Waals surface area (Å²) in [5, 5.41) is 6.38.